The van der Waals surface area contributed by atoms with E-state index in [1.807, 2.05) is 36.1 Å². The summed E-state index contributed by atoms with van der Waals surface area (Å²) in [7, 11) is 0. The standard InChI is InChI=1S/C18H22N4O2S/c1-14-7-9-20-18(21-14)25-13-17(23)22-10-4-6-16(11-22)24-12-15-5-2-3-8-19-15/h2-3,5,7-9,16H,4,6,10-13H2,1H3/t16-/m1/s1. The number of hydrogen-bond donors (Lipinski definition) is 0. The molecule has 0 spiro atoms. The summed E-state index contributed by atoms with van der Waals surface area (Å²) in [6.45, 7) is 3.83. The number of aryl methyl sites for hydroxylation is 1. The SMILES string of the molecule is Cc1ccnc(SCC(=O)N2CCC[C@@H](OCc3ccccn3)C2)n1. The average Bonchev–Trinajstić information content (AvgIpc) is 2.65. The Hall–Kier alpha value is -1.99. The van der Waals surface area contributed by atoms with Crippen LogP contribution >= 0.6 is 11.8 Å². The maximum Gasteiger partial charge on any atom is 0.233 e. The van der Waals surface area contributed by atoms with Gasteiger partial charge in [-0.3, -0.25) is 9.78 Å². The minimum Gasteiger partial charge on any atom is -0.370 e. The third-order valence-corrected chi connectivity index (χ3v) is 4.87. The fourth-order valence-corrected chi connectivity index (χ4v) is 3.48. The summed E-state index contributed by atoms with van der Waals surface area (Å²) in [5.41, 5.74) is 1.82. The van der Waals surface area contributed by atoms with Crippen LogP contribution < -0.4 is 0 Å². The fourth-order valence-electron chi connectivity index (χ4n) is 2.70. The van der Waals surface area contributed by atoms with Crippen LogP contribution in [0.15, 0.2) is 41.8 Å². The van der Waals surface area contributed by atoms with Crippen LogP contribution in [0.1, 0.15) is 24.2 Å². The smallest absolute Gasteiger partial charge is 0.233 e. The van der Waals surface area contributed by atoms with Crippen molar-refractivity contribution in [3.8, 4) is 0 Å². The molecule has 1 amide bonds. The number of hydrogen-bond acceptors (Lipinski definition) is 6. The molecule has 1 aliphatic heterocycles. The van der Waals surface area contributed by atoms with Crippen LogP contribution in [0.5, 0.6) is 0 Å². The second-order valence-electron chi connectivity index (χ2n) is 6.01. The van der Waals surface area contributed by atoms with Crippen molar-refractivity contribution in [1.82, 2.24) is 19.9 Å². The van der Waals surface area contributed by atoms with Gasteiger partial charge in [-0.1, -0.05) is 17.8 Å². The van der Waals surface area contributed by atoms with Crippen molar-refractivity contribution in [2.75, 3.05) is 18.8 Å². The first-order valence-electron chi connectivity index (χ1n) is 8.42. The molecule has 6 nitrogen and oxygen atoms in total. The number of rotatable bonds is 6. The van der Waals surface area contributed by atoms with Crippen LogP contribution in [0.2, 0.25) is 0 Å². The molecular weight excluding hydrogens is 336 g/mol. The Kier molecular flexibility index (Phi) is 6.36. The number of nitrogens with zero attached hydrogens (tertiary/aromatic N) is 4. The van der Waals surface area contributed by atoms with Gasteiger partial charge < -0.3 is 9.64 Å². The van der Waals surface area contributed by atoms with Crippen LogP contribution in [0.4, 0.5) is 0 Å². The van der Waals surface area contributed by atoms with Gasteiger partial charge in [-0.05, 0) is 38.0 Å². The van der Waals surface area contributed by atoms with E-state index in [0.29, 0.717) is 24.1 Å². The molecule has 0 unspecified atom stereocenters. The summed E-state index contributed by atoms with van der Waals surface area (Å²) < 4.78 is 5.94. The molecule has 2 aromatic rings. The van der Waals surface area contributed by atoms with Crippen molar-refractivity contribution in [3.05, 3.63) is 48.0 Å². The highest BCUT2D eigenvalue weighted by Crippen LogP contribution is 2.18. The molecule has 7 heteroatoms. The van der Waals surface area contributed by atoms with Crippen molar-refractivity contribution in [1.29, 1.82) is 0 Å². The lowest BCUT2D eigenvalue weighted by Crippen LogP contribution is -2.44. The summed E-state index contributed by atoms with van der Waals surface area (Å²) >= 11 is 1.38. The third kappa shape index (κ3) is 5.51. The minimum absolute atomic E-state index is 0.0694. The zero-order chi connectivity index (χ0) is 17.5. The first kappa shape index (κ1) is 17.8. The number of amides is 1. The van der Waals surface area contributed by atoms with Gasteiger partial charge >= 0.3 is 0 Å². The molecule has 1 saturated heterocycles. The van der Waals surface area contributed by atoms with E-state index in [0.717, 1.165) is 30.8 Å². The zero-order valence-electron chi connectivity index (χ0n) is 14.3. The van der Waals surface area contributed by atoms with Crippen molar-refractivity contribution >= 4 is 17.7 Å². The summed E-state index contributed by atoms with van der Waals surface area (Å²) in [4.78, 5) is 27.1. The van der Waals surface area contributed by atoms with Gasteiger partial charge in [0, 0.05) is 31.2 Å². The van der Waals surface area contributed by atoms with Gasteiger partial charge in [-0.25, -0.2) is 9.97 Å². The van der Waals surface area contributed by atoms with Crippen LogP contribution in [0.3, 0.4) is 0 Å². The Bertz CT molecular complexity index is 698. The first-order valence-corrected chi connectivity index (χ1v) is 9.41. The molecule has 0 N–H and O–H groups in total. The molecule has 3 heterocycles. The van der Waals surface area contributed by atoms with Crippen LogP contribution in [-0.4, -0.2) is 50.7 Å². The Morgan fingerprint density at radius 1 is 1.32 bits per heavy atom. The maximum absolute atomic E-state index is 12.5. The predicted molar refractivity (Wildman–Crippen MR) is 96.1 cm³/mol. The van der Waals surface area contributed by atoms with E-state index in [1.54, 1.807) is 12.4 Å². The largest absolute Gasteiger partial charge is 0.370 e. The van der Waals surface area contributed by atoms with Gasteiger partial charge in [0.25, 0.3) is 0 Å². The third-order valence-electron chi connectivity index (χ3n) is 4.02. The number of likely N-dealkylation sites (tertiary alicyclic amines) is 1. The monoisotopic (exact) mass is 358 g/mol. The molecule has 0 radical (unpaired) electrons. The number of piperidine rings is 1. The number of pyridine rings is 1. The van der Waals surface area contributed by atoms with E-state index in [-0.39, 0.29) is 12.0 Å². The lowest BCUT2D eigenvalue weighted by atomic mass is 10.1. The second kappa shape index (κ2) is 8.92. The van der Waals surface area contributed by atoms with Gasteiger partial charge in [-0.15, -0.1) is 0 Å². The molecule has 0 aliphatic carbocycles. The molecule has 132 valence electrons. The molecule has 0 bridgehead atoms. The van der Waals surface area contributed by atoms with Crippen LogP contribution in [-0.2, 0) is 16.1 Å². The van der Waals surface area contributed by atoms with Gasteiger partial charge in [0.05, 0.1) is 24.2 Å². The van der Waals surface area contributed by atoms with Crippen LogP contribution in [0.25, 0.3) is 0 Å². The van der Waals surface area contributed by atoms with Crippen molar-refractivity contribution in [3.63, 3.8) is 0 Å². The maximum atomic E-state index is 12.5. The summed E-state index contributed by atoms with van der Waals surface area (Å²) in [5, 5.41) is 0.647. The predicted octanol–water partition coefficient (Wildman–Crippen LogP) is 2.48. The number of aromatic nitrogens is 3. The molecule has 0 aromatic carbocycles. The van der Waals surface area contributed by atoms with E-state index in [2.05, 4.69) is 15.0 Å². The molecule has 2 aromatic heterocycles. The van der Waals surface area contributed by atoms with Crippen LogP contribution in [0, 0.1) is 6.92 Å². The molecule has 3 rings (SSSR count). The fraction of sp³-hybridized carbons (Fsp3) is 0.444. The normalized spacial score (nSPS) is 17.5. The summed E-state index contributed by atoms with van der Waals surface area (Å²) in [6, 6.07) is 7.64. The van der Waals surface area contributed by atoms with E-state index in [9.17, 15) is 4.79 Å². The lowest BCUT2D eigenvalue weighted by molar-refractivity contribution is -0.132. The van der Waals surface area contributed by atoms with Gasteiger partial charge in [0.2, 0.25) is 5.91 Å². The van der Waals surface area contributed by atoms with E-state index in [1.165, 1.54) is 11.8 Å². The molecule has 25 heavy (non-hydrogen) atoms. The molecule has 1 fully saturated rings. The Morgan fingerprint density at radius 3 is 3.04 bits per heavy atom. The van der Waals surface area contributed by atoms with Crippen molar-refractivity contribution in [2.24, 2.45) is 0 Å². The van der Waals surface area contributed by atoms with Gasteiger partial charge in [-0.2, -0.15) is 0 Å². The Morgan fingerprint density at radius 2 is 2.24 bits per heavy atom. The van der Waals surface area contributed by atoms with Gasteiger partial charge in [0.15, 0.2) is 5.16 Å². The first-order chi connectivity index (χ1) is 12.2. The van der Waals surface area contributed by atoms with E-state index < -0.39 is 0 Å². The Balaban J connectivity index is 1.46. The summed E-state index contributed by atoms with van der Waals surface area (Å²) in [6.07, 6.45) is 5.49. The number of thioether (sulfide) groups is 1. The molecule has 1 aliphatic rings. The number of carbonyl (C=O) groups excluding carboxylic acids is 1. The molecular formula is C18H22N4O2S. The van der Waals surface area contributed by atoms with E-state index >= 15 is 0 Å². The van der Waals surface area contributed by atoms with E-state index in [4.69, 9.17) is 4.74 Å². The number of ether oxygens (including phenoxy) is 1. The number of carbonyl (C=O) groups is 1. The highest BCUT2D eigenvalue weighted by molar-refractivity contribution is 7.99. The summed E-state index contributed by atoms with van der Waals surface area (Å²) in [5.74, 6) is 0.470. The average molecular weight is 358 g/mol. The molecule has 0 saturated carbocycles. The lowest BCUT2D eigenvalue weighted by Gasteiger charge is -2.32. The van der Waals surface area contributed by atoms with Crippen molar-refractivity contribution in [2.45, 2.75) is 37.6 Å². The second-order valence-corrected chi connectivity index (χ2v) is 6.95. The highest BCUT2D eigenvalue weighted by atomic mass is 32.2. The minimum atomic E-state index is 0.0694. The topological polar surface area (TPSA) is 68.2 Å². The highest BCUT2D eigenvalue weighted by Gasteiger charge is 2.24. The molecule has 1 atom stereocenters. The van der Waals surface area contributed by atoms with Crippen molar-refractivity contribution < 1.29 is 9.53 Å². The van der Waals surface area contributed by atoms with Gasteiger partial charge in [0.1, 0.15) is 0 Å². The quantitative estimate of drug-likeness (QED) is 0.584. The zero-order valence-corrected chi connectivity index (χ0v) is 15.1. The Labute approximate surface area is 152 Å².